The lowest BCUT2D eigenvalue weighted by Crippen LogP contribution is -2.39. The fraction of sp³-hybridized carbons (Fsp3) is 0.565. The Morgan fingerprint density at radius 2 is 1.59 bits per heavy atom. The molecule has 0 amide bonds. The summed E-state index contributed by atoms with van der Waals surface area (Å²) in [4.78, 5) is 15.3. The predicted molar refractivity (Wildman–Crippen MR) is 121 cm³/mol. The van der Waals surface area contributed by atoms with Crippen molar-refractivity contribution < 1.29 is 0 Å². The van der Waals surface area contributed by atoms with Crippen LogP contribution in [-0.4, -0.2) is 36.1 Å². The van der Waals surface area contributed by atoms with Gasteiger partial charge in [0.25, 0.3) is 0 Å². The van der Waals surface area contributed by atoms with Crippen LogP contribution in [0.1, 0.15) is 51.4 Å². The highest BCUT2D eigenvalue weighted by Gasteiger charge is 2.37. The van der Waals surface area contributed by atoms with Crippen LogP contribution in [0.5, 0.6) is 0 Å². The molecule has 1 saturated carbocycles. The monoisotopic (exact) mass is 428 g/mol. The zero-order valence-corrected chi connectivity index (χ0v) is 18.5. The Labute approximate surface area is 183 Å². The highest BCUT2D eigenvalue weighted by atomic mass is 35.5. The first-order chi connectivity index (χ1) is 14.2. The highest BCUT2D eigenvalue weighted by molar-refractivity contribution is 7.99. The molecule has 0 unspecified atom stereocenters. The van der Waals surface area contributed by atoms with Gasteiger partial charge in [-0.1, -0.05) is 42.3 Å². The van der Waals surface area contributed by atoms with Crippen molar-refractivity contribution >= 4 is 34.9 Å². The third-order valence-corrected chi connectivity index (χ3v) is 8.52. The van der Waals surface area contributed by atoms with Gasteiger partial charge < -0.3 is 9.80 Å². The lowest BCUT2D eigenvalue weighted by molar-refractivity contribution is 0.226. The third-order valence-electron chi connectivity index (χ3n) is 7.03. The van der Waals surface area contributed by atoms with Crippen LogP contribution in [0, 0.1) is 5.41 Å². The summed E-state index contributed by atoms with van der Waals surface area (Å²) in [5, 5.41) is 1.74. The molecule has 2 saturated heterocycles. The molecule has 6 heteroatoms. The molecule has 1 aromatic carbocycles. The highest BCUT2D eigenvalue weighted by Crippen LogP contribution is 2.46. The van der Waals surface area contributed by atoms with Gasteiger partial charge >= 0.3 is 0 Å². The minimum Gasteiger partial charge on any atom is -0.370 e. The van der Waals surface area contributed by atoms with Gasteiger partial charge in [0.1, 0.15) is 10.8 Å². The van der Waals surface area contributed by atoms with E-state index >= 15 is 0 Å². The Bertz CT molecular complexity index is 834. The Morgan fingerprint density at radius 1 is 0.828 bits per heavy atom. The van der Waals surface area contributed by atoms with Gasteiger partial charge in [-0.2, -0.15) is 0 Å². The van der Waals surface area contributed by atoms with Crippen molar-refractivity contribution in [1.82, 2.24) is 9.97 Å². The number of hydrogen-bond donors (Lipinski definition) is 0. The number of anilines is 2. The topological polar surface area (TPSA) is 32.3 Å². The molecule has 0 N–H and O–H groups in total. The molecule has 29 heavy (non-hydrogen) atoms. The van der Waals surface area contributed by atoms with E-state index in [1.807, 2.05) is 12.4 Å². The summed E-state index contributed by atoms with van der Waals surface area (Å²) in [5.41, 5.74) is 1.78. The first kappa shape index (κ1) is 19.5. The molecule has 5 rings (SSSR count). The second kappa shape index (κ2) is 8.35. The lowest BCUT2D eigenvalue weighted by Gasteiger charge is -2.39. The molecular weight excluding hydrogens is 400 g/mol. The summed E-state index contributed by atoms with van der Waals surface area (Å²) >= 11 is 8.34. The summed E-state index contributed by atoms with van der Waals surface area (Å²) in [6.45, 7) is 4.43. The number of rotatable bonds is 4. The SMILES string of the molecule is Clc1c(Sc2cnc(N3CCC4(CCCC4)CC3)cn2)cccc1N1CCCC1. The van der Waals surface area contributed by atoms with E-state index in [1.54, 1.807) is 11.8 Å². The molecule has 1 aromatic heterocycles. The number of aromatic nitrogens is 2. The van der Waals surface area contributed by atoms with Gasteiger partial charge in [0.15, 0.2) is 0 Å². The van der Waals surface area contributed by atoms with E-state index in [1.165, 1.54) is 51.4 Å². The number of nitrogens with zero attached hydrogens (tertiary/aromatic N) is 4. The van der Waals surface area contributed by atoms with Crippen molar-refractivity contribution in [2.75, 3.05) is 36.0 Å². The Hall–Kier alpha value is -1.46. The fourth-order valence-electron chi connectivity index (χ4n) is 5.25. The van der Waals surface area contributed by atoms with Crippen LogP contribution >= 0.6 is 23.4 Å². The molecule has 1 aliphatic carbocycles. The largest absolute Gasteiger partial charge is 0.370 e. The minimum atomic E-state index is 0.636. The van der Waals surface area contributed by atoms with Gasteiger partial charge in [-0.3, -0.25) is 0 Å². The Morgan fingerprint density at radius 3 is 2.28 bits per heavy atom. The maximum Gasteiger partial charge on any atom is 0.147 e. The van der Waals surface area contributed by atoms with Crippen LogP contribution in [0.2, 0.25) is 5.02 Å². The second-order valence-corrected chi connectivity index (χ2v) is 10.2. The smallest absolute Gasteiger partial charge is 0.147 e. The second-order valence-electron chi connectivity index (χ2n) is 8.79. The minimum absolute atomic E-state index is 0.636. The molecule has 0 radical (unpaired) electrons. The van der Waals surface area contributed by atoms with Crippen LogP contribution in [0.4, 0.5) is 11.5 Å². The van der Waals surface area contributed by atoms with Crippen molar-refractivity contribution in [1.29, 1.82) is 0 Å². The van der Waals surface area contributed by atoms with E-state index in [2.05, 4.69) is 28.0 Å². The first-order valence-corrected chi connectivity index (χ1v) is 12.2. The van der Waals surface area contributed by atoms with E-state index < -0.39 is 0 Å². The van der Waals surface area contributed by atoms with Crippen LogP contribution in [0.15, 0.2) is 40.5 Å². The Balaban J connectivity index is 1.25. The van der Waals surface area contributed by atoms with Crippen molar-refractivity contribution in [3.8, 4) is 0 Å². The molecule has 2 aromatic rings. The number of benzene rings is 1. The average Bonchev–Trinajstić information content (AvgIpc) is 3.44. The standard InChI is InChI=1S/C23H29ClN4S/c24-22-18(27-12-3-4-13-27)6-5-7-19(22)29-21-17-25-20(16-26-21)28-14-10-23(11-15-28)8-1-2-9-23/h5-7,16-17H,1-4,8-15H2. The molecular formula is C23H29ClN4S. The van der Waals surface area contributed by atoms with Gasteiger partial charge in [-0.15, -0.1) is 0 Å². The number of hydrogen-bond acceptors (Lipinski definition) is 5. The lowest BCUT2D eigenvalue weighted by atomic mass is 9.77. The van der Waals surface area contributed by atoms with E-state index in [0.717, 1.165) is 52.6 Å². The van der Waals surface area contributed by atoms with Gasteiger partial charge in [-0.05, 0) is 56.1 Å². The van der Waals surface area contributed by atoms with Crippen LogP contribution < -0.4 is 9.80 Å². The summed E-state index contributed by atoms with van der Waals surface area (Å²) in [7, 11) is 0. The zero-order chi connectivity index (χ0) is 19.7. The average molecular weight is 429 g/mol. The number of piperidine rings is 1. The zero-order valence-electron chi connectivity index (χ0n) is 16.9. The molecule has 3 fully saturated rings. The normalized spacial score (nSPS) is 21.3. The van der Waals surface area contributed by atoms with E-state index in [0.29, 0.717) is 5.41 Å². The fourth-order valence-corrected chi connectivity index (χ4v) is 6.39. The molecule has 154 valence electrons. The van der Waals surface area contributed by atoms with Gasteiger partial charge in [0, 0.05) is 31.1 Å². The van der Waals surface area contributed by atoms with E-state index in [9.17, 15) is 0 Å². The summed E-state index contributed by atoms with van der Waals surface area (Å²) < 4.78 is 0. The molecule has 4 nitrogen and oxygen atoms in total. The maximum absolute atomic E-state index is 6.73. The van der Waals surface area contributed by atoms with Gasteiger partial charge in [0.2, 0.25) is 0 Å². The van der Waals surface area contributed by atoms with Crippen LogP contribution in [0.25, 0.3) is 0 Å². The van der Waals surface area contributed by atoms with Crippen LogP contribution in [-0.2, 0) is 0 Å². The molecule has 0 atom stereocenters. The third kappa shape index (κ3) is 4.09. The summed E-state index contributed by atoms with van der Waals surface area (Å²) in [6, 6.07) is 6.30. The van der Waals surface area contributed by atoms with Crippen molar-refractivity contribution in [3.05, 3.63) is 35.6 Å². The molecule has 3 aliphatic rings. The Kier molecular flexibility index (Phi) is 5.61. The molecule has 1 spiro atoms. The van der Waals surface area contributed by atoms with Gasteiger partial charge in [-0.25, -0.2) is 9.97 Å². The first-order valence-electron chi connectivity index (χ1n) is 11.0. The van der Waals surface area contributed by atoms with E-state index in [-0.39, 0.29) is 0 Å². The quantitative estimate of drug-likeness (QED) is 0.592. The molecule has 2 aliphatic heterocycles. The number of halogens is 1. The van der Waals surface area contributed by atoms with Crippen molar-refractivity contribution in [2.45, 2.75) is 61.3 Å². The maximum atomic E-state index is 6.73. The molecule has 3 heterocycles. The molecule has 0 bridgehead atoms. The summed E-state index contributed by atoms with van der Waals surface area (Å²) in [6.07, 6.45) is 14.7. The van der Waals surface area contributed by atoms with Crippen molar-refractivity contribution in [2.24, 2.45) is 5.41 Å². The van der Waals surface area contributed by atoms with Crippen molar-refractivity contribution in [3.63, 3.8) is 0 Å². The predicted octanol–water partition coefficient (Wildman–Crippen LogP) is 6.04. The summed E-state index contributed by atoms with van der Waals surface area (Å²) in [5.74, 6) is 1.01. The van der Waals surface area contributed by atoms with Gasteiger partial charge in [0.05, 0.1) is 23.1 Å². The van der Waals surface area contributed by atoms with E-state index in [4.69, 9.17) is 21.6 Å². The van der Waals surface area contributed by atoms with Crippen LogP contribution in [0.3, 0.4) is 0 Å².